The molecule has 0 atom stereocenters. The second kappa shape index (κ2) is 4.66. The SMILES string of the molecule is Nc1ccc(S(=O)(=O)O)cc1.[Ba]. The van der Waals surface area contributed by atoms with Gasteiger partial charge in [-0.2, -0.15) is 8.42 Å². The van der Waals surface area contributed by atoms with Gasteiger partial charge in [0.15, 0.2) is 0 Å². The summed E-state index contributed by atoms with van der Waals surface area (Å²) in [4.78, 5) is -0.147. The molecule has 0 aliphatic carbocycles. The zero-order valence-corrected chi connectivity index (χ0v) is 11.5. The quantitative estimate of drug-likeness (QED) is 0.439. The minimum absolute atomic E-state index is 0. The molecular weight excluding hydrogens is 303 g/mol. The molecule has 0 aromatic heterocycles. The van der Waals surface area contributed by atoms with Gasteiger partial charge < -0.3 is 5.73 Å². The van der Waals surface area contributed by atoms with Crippen LogP contribution in [0.5, 0.6) is 0 Å². The monoisotopic (exact) mass is 311 g/mol. The second-order valence-electron chi connectivity index (χ2n) is 2.04. The fourth-order valence-corrected chi connectivity index (χ4v) is 1.12. The summed E-state index contributed by atoms with van der Waals surface area (Å²) < 4.78 is 29.4. The first-order chi connectivity index (χ1) is 5.00. The van der Waals surface area contributed by atoms with Crippen LogP contribution in [0.25, 0.3) is 0 Å². The maximum atomic E-state index is 10.5. The molecule has 0 amide bonds. The van der Waals surface area contributed by atoms with Crippen molar-refractivity contribution < 1.29 is 13.0 Å². The molecule has 0 unspecified atom stereocenters. The van der Waals surface area contributed by atoms with E-state index in [4.69, 9.17) is 10.3 Å². The van der Waals surface area contributed by atoms with E-state index in [-0.39, 0.29) is 53.8 Å². The predicted molar refractivity (Wildman–Crippen MR) is 46.4 cm³/mol. The van der Waals surface area contributed by atoms with Crippen LogP contribution >= 0.6 is 0 Å². The summed E-state index contributed by atoms with van der Waals surface area (Å²) in [7, 11) is -4.08. The summed E-state index contributed by atoms with van der Waals surface area (Å²) in [6.07, 6.45) is 0. The number of nitrogen functional groups attached to an aromatic ring is 1. The third kappa shape index (κ3) is 3.48. The molecule has 0 spiro atoms. The van der Waals surface area contributed by atoms with Crippen molar-refractivity contribution in [1.29, 1.82) is 0 Å². The van der Waals surface area contributed by atoms with Crippen molar-refractivity contribution in [2.45, 2.75) is 4.90 Å². The second-order valence-corrected chi connectivity index (χ2v) is 3.47. The maximum absolute atomic E-state index is 10.5. The van der Waals surface area contributed by atoms with Gasteiger partial charge in [-0.3, -0.25) is 4.55 Å². The maximum Gasteiger partial charge on any atom is 0.294 e. The first kappa shape index (κ1) is 12.5. The fraction of sp³-hybridized carbons (Fsp3) is 0. The predicted octanol–water partition coefficient (Wildman–Crippen LogP) is 0.135. The van der Waals surface area contributed by atoms with Crippen LogP contribution in [0.15, 0.2) is 29.2 Å². The number of rotatable bonds is 1. The van der Waals surface area contributed by atoms with Crippen LogP contribution in [0.1, 0.15) is 0 Å². The Balaban J connectivity index is 0.00000121. The Morgan fingerprint density at radius 2 is 1.58 bits per heavy atom. The van der Waals surface area contributed by atoms with Crippen LogP contribution in [0, 0.1) is 0 Å². The van der Waals surface area contributed by atoms with Gasteiger partial charge in [0, 0.05) is 54.6 Å². The normalized spacial score (nSPS) is 10.4. The zero-order valence-electron chi connectivity index (χ0n) is 6.27. The third-order valence-electron chi connectivity index (χ3n) is 1.18. The minimum Gasteiger partial charge on any atom is -0.399 e. The van der Waals surface area contributed by atoms with Gasteiger partial charge in [-0.25, -0.2) is 0 Å². The van der Waals surface area contributed by atoms with E-state index in [9.17, 15) is 8.42 Å². The van der Waals surface area contributed by atoms with Gasteiger partial charge >= 0.3 is 0 Å². The van der Waals surface area contributed by atoms with E-state index in [1.807, 2.05) is 0 Å². The van der Waals surface area contributed by atoms with Gasteiger partial charge in [0.05, 0.1) is 4.90 Å². The Hall–Kier alpha value is 0.501. The fourth-order valence-electron chi connectivity index (χ4n) is 0.640. The van der Waals surface area contributed by atoms with Crippen LogP contribution in [-0.4, -0.2) is 61.9 Å². The molecule has 12 heavy (non-hydrogen) atoms. The molecule has 1 aromatic carbocycles. The zero-order chi connectivity index (χ0) is 8.48. The first-order valence-electron chi connectivity index (χ1n) is 2.83. The average molecular weight is 311 g/mol. The summed E-state index contributed by atoms with van der Waals surface area (Å²) in [5.41, 5.74) is 5.75. The van der Waals surface area contributed by atoms with E-state index in [0.717, 1.165) is 0 Å². The van der Waals surface area contributed by atoms with E-state index in [2.05, 4.69) is 0 Å². The molecule has 0 saturated carbocycles. The van der Waals surface area contributed by atoms with E-state index in [1.54, 1.807) is 0 Å². The van der Waals surface area contributed by atoms with Gasteiger partial charge in [0.2, 0.25) is 0 Å². The molecule has 1 aromatic rings. The molecule has 0 aliphatic heterocycles. The van der Waals surface area contributed by atoms with Crippen LogP contribution < -0.4 is 5.73 Å². The molecule has 0 fully saturated rings. The van der Waals surface area contributed by atoms with Crippen molar-refractivity contribution in [1.82, 2.24) is 0 Å². The minimum atomic E-state index is -4.08. The van der Waals surface area contributed by atoms with Gasteiger partial charge in [-0.05, 0) is 24.3 Å². The molecule has 0 bridgehead atoms. The number of benzene rings is 1. The summed E-state index contributed by atoms with van der Waals surface area (Å²) >= 11 is 0. The molecule has 1 rings (SSSR count). The van der Waals surface area contributed by atoms with E-state index >= 15 is 0 Å². The Kier molecular flexibility index (Phi) is 4.85. The molecule has 0 heterocycles. The molecule has 6 heteroatoms. The molecule has 4 nitrogen and oxygen atoms in total. The molecule has 0 aliphatic rings. The summed E-state index contributed by atoms with van der Waals surface area (Å²) in [5.74, 6) is 0. The van der Waals surface area contributed by atoms with E-state index in [0.29, 0.717) is 5.69 Å². The molecule has 3 N–H and O–H groups in total. The Morgan fingerprint density at radius 3 is 1.92 bits per heavy atom. The summed E-state index contributed by atoms with van der Waals surface area (Å²) in [6, 6.07) is 5.29. The molecule has 0 saturated heterocycles. The van der Waals surface area contributed by atoms with Gasteiger partial charge in [-0.1, -0.05) is 0 Å². The third-order valence-corrected chi connectivity index (χ3v) is 2.05. The Morgan fingerprint density at radius 1 is 1.17 bits per heavy atom. The first-order valence-corrected chi connectivity index (χ1v) is 4.27. The van der Waals surface area contributed by atoms with Crippen LogP contribution in [0.4, 0.5) is 5.69 Å². The van der Waals surface area contributed by atoms with Crippen LogP contribution in [0.2, 0.25) is 0 Å². The van der Waals surface area contributed by atoms with E-state index < -0.39 is 10.1 Å². The standard InChI is InChI=1S/C6H7NO3S.Ba/c7-5-1-3-6(4-2-5)11(8,9)10;/h1-4H,7H2,(H,8,9,10);. The van der Waals surface area contributed by atoms with E-state index in [1.165, 1.54) is 24.3 Å². The van der Waals surface area contributed by atoms with Gasteiger partial charge in [0.25, 0.3) is 10.1 Å². The molecule has 2 radical (unpaired) electrons. The number of hydrogen-bond acceptors (Lipinski definition) is 3. The van der Waals surface area contributed by atoms with Crippen molar-refractivity contribution >= 4 is 64.7 Å². The van der Waals surface area contributed by atoms with Crippen LogP contribution in [-0.2, 0) is 10.1 Å². The number of anilines is 1. The van der Waals surface area contributed by atoms with Crippen molar-refractivity contribution in [2.75, 3.05) is 5.73 Å². The van der Waals surface area contributed by atoms with Gasteiger partial charge in [-0.15, -0.1) is 0 Å². The molecular formula is C6H7BaNO3S. The molecule has 62 valence electrons. The summed E-state index contributed by atoms with van der Waals surface area (Å²) in [5, 5.41) is 0. The van der Waals surface area contributed by atoms with Crippen molar-refractivity contribution in [3.05, 3.63) is 24.3 Å². The van der Waals surface area contributed by atoms with Crippen molar-refractivity contribution in [3.8, 4) is 0 Å². The van der Waals surface area contributed by atoms with Gasteiger partial charge in [0.1, 0.15) is 0 Å². The van der Waals surface area contributed by atoms with Crippen molar-refractivity contribution in [3.63, 3.8) is 0 Å². The summed E-state index contributed by atoms with van der Waals surface area (Å²) in [6.45, 7) is 0. The number of hydrogen-bond donors (Lipinski definition) is 2. The average Bonchev–Trinajstić information content (AvgIpc) is 1.86. The Labute approximate surface area is 111 Å². The van der Waals surface area contributed by atoms with Crippen LogP contribution in [0.3, 0.4) is 0 Å². The van der Waals surface area contributed by atoms with Crippen molar-refractivity contribution in [2.24, 2.45) is 0 Å². The largest absolute Gasteiger partial charge is 0.399 e. The smallest absolute Gasteiger partial charge is 0.294 e. The Bertz CT molecular complexity index is 346. The topological polar surface area (TPSA) is 80.4 Å². The number of nitrogens with two attached hydrogens (primary N) is 1.